The molecule has 1 aliphatic heterocycles. The van der Waals surface area contributed by atoms with Gasteiger partial charge in [0.15, 0.2) is 0 Å². The van der Waals surface area contributed by atoms with Crippen LogP contribution in [0.4, 0.5) is 5.69 Å². The van der Waals surface area contributed by atoms with Crippen molar-refractivity contribution in [2.75, 3.05) is 23.8 Å². The van der Waals surface area contributed by atoms with E-state index in [1.165, 1.54) is 16.1 Å². The highest BCUT2D eigenvalue weighted by Gasteiger charge is 2.36. The second-order valence-electron chi connectivity index (χ2n) is 4.90. The molecule has 0 bridgehead atoms. The van der Waals surface area contributed by atoms with Crippen molar-refractivity contribution in [3.05, 3.63) is 24.3 Å². The molecule has 116 valence electrons. The third-order valence-electron chi connectivity index (χ3n) is 3.38. The van der Waals surface area contributed by atoms with E-state index in [2.05, 4.69) is 0 Å². The fourth-order valence-corrected chi connectivity index (χ4v) is 5.28. The van der Waals surface area contributed by atoms with Gasteiger partial charge in [0, 0.05) is 22.9 Å². The number of carbonyl (C=O) groups excluding carboxylic acids is 1. The number of nitrogen functional groups attached to an aromatic ring is 1. The molecular weight excluding hydrogens is 310 g/mol. The first-order valence-electron chi connectivity index (χ1n) is 6.67. The van der Waals surface area contributed by atoms with Crippen molar-refractivity contribution < 1.29 is 13.2 Å². The quantitative estimate of drug-likeness (QED) is 0.588. The summed E-state index contributed by atoms with van der Waals surface area (Å²) in [4.78, 5) is 12.2. The number of primary amides is 1. The topological polar surface area (TPSA) is 106 Å². The molecule has 1 unspecified atom stereocenters. The molecule has 1 heterocycles. The van der Waals surface area contributed by atoms with Gasteiger partial charge in [0.2, 0.25) is 15.9 Å². The summed E-state index contributed by atoms with van der Waals surface area (Å²) in [6, 6.07) is 6.58. The summed E-state index contributed by atoms with van der Waals surface area (Å²) in [5, 5.41) is 0. The van der Waals surface area contributed by atoms with Gasteiger partial charge in [0.25, 0.3) is 0 Å². The van der Waals surface area contributed by atoms with E-state index in [9.17, 15) is 13.2 Å². The lowest BCUT2D eigenvalue weighted by molar-refractivity contribution is -0.121. The molecule has 0 aromatic heterocycles. The van der Waals surface area contributed by atoms with Gasteiger partial charge in [-0.2, -0.15) is 4.31 Å². The fraction of sp³-hybridized carbons (Fsp3) is 0.462. The van der Waals surface area contributed by atoms with Gasteiger partial charge in [-0.15, -0.1) is 11.8 Å². The number of nitrogens with two attached hydrogens (primary N) is 2. The van der Waals surface area contributed by atoms with E-state index in [0.717, 1.165) is 4.90 Å². The third-order valence-corrected chi connectivity index (χ3v) is 6.52. The van der Waals surface area contributed by atoms with E-state index in [1.54, 1.807) is 12.1 Å². The predicted molar refractivity (Wildman–Crippen MR) is 84.3 cm³/mol. The lowest BCUT2D eigenvalue weighted by atomic mass is 10.2. The van der Waals surface area contributed by atoms with E-state index in [-0.39, 0.29) is 5.75 Å². The summed E-state index contributed by atoms with van der Waals surface area (Å²) in [6.07, 6.45) is 1.19. The van der Waals surface area contributed by atoms with E-state index in [1.807, 2.05) is 12.1 Å². The predicted octanol–water partition coefficient (Wildman–Crippen LogP) is 0.640. The monoisotopic (exact) mass is 329 g/mol. The van der Waals surface area contributed by atoms with Gasteiger partial charge in [-0.3, -0.25) is 4.79 Å². The molecule has 1 amide bonds. The van der Waals surface area contributed by atoms with Crippen LogP contribution in [0.25, 0.3) is 0 Å². The zero-order chi connectivity index (χ0) is 15.5. The molecule has 6 nitrogen and oxygen atoms in total. The highest BCUT2D eigenvalue weighted by molar-refractivity contribution is 8.00. The molecule has 1 aromatic rings. The maximum absolute atomic E-state index is 12.3. The van der Waals surface area contributed by atoms with Crippen molar-refractivity contribution >= 4 is 33.4 Å². The summed E-state index contributed by atoms with van der Waals surface area (Å²) in [5.41, 5.74) is 11.5. The number of rotatable bonds is 6. The summed E-state index contributed by atoms with van der Waals surface area (Å²) >= 11 is 1.45. The van der Waals surface area contributed by atoms with Gasteiger partial charge < -0.3 is 11.5 Å². The van der Waals surface area contributed by atoms with Crippen LogP contribution >= 0.6 is 11.8 Å². The van der Waals surface area contributed by atoms with Crippen LogP contribution in [0.3, 0.4) is 0 Å². The molecule has 0 spiro atoms. The highest BCUT2D eigenvalue weighted by Crippen LogP contribution is 2.24. The molecule has 1 saturated heterocycles. The van der Waals surface area contributed by atoms with E-state index >= 15 is 0 Å². The number of nitrogens with zero attached hydrogens (tertiary/aromatic N) is 1. The molecular formula is C13H19N3O3S2. The average molecular weight is 329 g/mol. The zero-order valence-corrected chi connectivity index (χ0v) is 13.2. The first kappa shape index (κ1) is 16.1. The van der Waals surface area contributed by atoms with Gasteiger partial charge in [-0.05, 0) is 37.1 Å². The maximum Gasteiger partial charge on any atom is 0.235 e. The van der Waals surface area contributed by atoms with Crippen molar-refractivity contribution in [3.8, 4) is 0 Å². The largest absolute Gasteiger partial charge is 0.399 e. The summed E-state index contributed by atoms with van der Waals surface area (Å²) in [6.45, 7) is 0.377. The Bertz CT molecular complexity index is 602. The molecule has 2 rings (SSSR count). The molecule has 0 aliphatic carbocycles. The van der Waals surface area contributed by atoms with Crippen LogP contribution < -0.4 is 11.5 Å². The van der Waals surface area contributed by atoms with Crippen LogP contribution in [0.2, 0.25) is 0 Å². The molecule has 4 N–H and O–H groups in total. The molecule has 1 atom stereocenters. The van der Waals surface area contributed by atoms with E-state index in [4.69, 9.17) is 11.5 Å². The minimum absolute atomic E-state index is 0.00811. The Hall–Kier alpha value is -1.25. The molecule has 1 aliphatic rings. The zero-order valence-electron chi connectivity index (χ0n) is 11.6. The second kappa shape index (κ2) is 6.67. The van der Waals surface area contributed by atoms with Crippen molar-refractivity contribution in [2.45, 2.75) is 23.8 Å². The minimum Gasteiger partial charge on any atom is -0.399 e. The maximum atomic E-state index is 12.3. The van der Waals surface area contributed by atoms with Crippen molar-refractivity contribution in [2.24, 2.45) is 5.73 Å². The van der Waals surface area contributed by atoms with Crippen LogP contribution in [-0.2, 0) is 14.8 Å². The van der Waals surface area contributed by atoms with Crippen LogP contribution in [0.5, 0.6) is 0 Å². The lowest BCUT2D eigenvalue weighted by Crippen LogP contribution is -2.44. The lowest BCUT2D eigenvalue weighted by Gasteiger charge is -2.21. The molecule has 1 aromatic carbocycles. The summed E-state index contributed by atoms with van der Waals surface area (Å²) in [7, 11) is -3.45. The number of amides is 1. The first-order chi connectivity index (χ1) is 9.90. The van der Waals surface area contributed by atoms with Crippen LogP contribution in [0.1, 0.15) is 12.8 Å². The highest BCUT2D eigenvalue weighted by atomic mass is 32.2. The number of thioether (sulfide) groups is 1. The van der Waals surface area contributed by atoms with Crippen LogP contribution in [0, 0.1) is 0 Å². The smallest absolute Gasteiger partial charge is 0.235 e. The molecule has 8 heteroatoms. The number of carbonyl (C=O) groups is 1. The van der Waals surface area contributed by atoms with Gasteiger partial charge in [-0.25, -0.2) is 8.42 Å². The number of hydrogen-bond donors (Lipinski definition) is 2. The standard InChI is InChI=1S/C13H19N3O3S2/c14-10-3-5-11(6-4-10)20-8-9-21(18,19)16-7-1-2-12(16)13(15)17/h3-6,12H,1-2,7-9,14H2,(H2,15,17). The first-order valence-corrected chi connectivity index (χ1v) is 9.27. The fourth-order valence-electron chi connectivity index (χ4n) is 2.30. The normalized spacial score (nSPS) is 19.7. The Morgan fingerprint density at radius 1 is 1.33 bits per heavy atom. The molecule has 0 saturated carbocycles. The van der Waals surface area contributed by atoms with Gasteiger partial charge in [-0.1, -0.05) is 0 Å². The average Bonchev–Trinajstić information content (AvgIpc) is 2.91. The Balaban J connectivity index is 1.92. The number of benzene rings is 1. The van der Waals surface area contributed by atoms with E-state index < -0.39 is 22.0 Å². The second-order valence-corrected chi connectivity index (χ2v) is 8.11. The van der Waals surface area contributed by atoms with Crippen LogP contribution in [-0.4, -0.2) is 42.7 Å². The van der Waals surface area contributed by atoms with Gasteiger partial charge in [0.05, 0.1) is 5.75 Å². The Morgan fingerprint density at radius 3 is 2.62 bits per heavy atom. The number of sulfonamides is 1. The number of hydrogen-bond acceptors (Lipinski definition) is 5. The molecule has 21 heavy (non-hydrogen) atoms. The van der Waals surface area contributed by atoms with Crippen molar-refractivity contribution in [1.29, 1.82) is 0 Å². The molecule has 1 fully saturated rings. The SMILES string of the molecule is NC(=O)C1CCCN1S(=O)(=O)CCSc1ccc(N)cc1. The van der Waals surface area contributed by atoms with Crippen molar-refractivity contribution in [1.82, 2.24) is 4.31 Å². The van der Waals surface area contributed by atoms with Crippen LogP contribution in [0.15, 0.2) is 29.2 Å². The Kier molecular flexibility index (Phi) is 5.13. The van der Waals surface area contributed by atoms with Gasteiger partial charge >= 0.3 is 0 Å². The molecule has 0 radical (unpaired) electrons. The minimum atomic E-state index is -3.45. The van der Waals surface area contributed by atoms with Gasteiger partial charge in [0.1, 0.15) is 6.04 Å². The Morgan fingerprint density at radius 2 is 2.00 bits per heavy atom. The summed E-state index contributed by atoms with van der Waals surface area (Å²) < 4.78 is 25.8. The third kappa shape index (κ3) is 4.12. The van der Waals surface area contributed by atoms with E-state index in [0.29, 0.717) is 30.8 Å². The Labute approximate surface area is 128 Å². The summed E-state index contributed by atoms with van der Waals surface area (Å²) in [5.74, 6) is -0.151. The number of anilines is 1. The van der Waals surface area contributed by atoms with Crippen molar-refractivity contribution in [3.63, 3.8) is 0 Å².